The van der Waals surface area contributed by atoms with E-state index in [9.17, 15) is 8.42 Å². The normalized spacial score (nSPS) is 11.1. The van der Waals surface area contributed by atoms with Crippen molar-refractivity contribution < 1.29 is 8.42 Å². The Morgan fingerprint density at radius 1 is 1.56 bits per heavy atom. The fraction of sp³-hybridized carbons (Fsp3) is 0.333. The lowest BCUT2D eigenvalue weighted by molar-refractivity contribution is 0.602. The molecule has 7 heteroatoms. The van der Waals surface area contributed by atoms with Crippen molar-refractivity contribution in [3.8, 4) is 0 Å². The molecular formula is C9H13N3O2S2. The van der Waals surface area contributed by atoms with Gasteiger partial charge in [-0.15, -0.1) is 0 Å². The first kappa shape index (κ1) is 12.9. The molecule has 0 bridgehead atoms. The minimum Gasteiger partial charge on any atom is -0.388 e. The second kappa shape index (κ2) is 5.22. The van der Waals surface area contributed by atoms with E-state index >= 15 is 0 Å². The lowest BCUT2D eigenvalue weighted by Crippen LogP contribution is -2.16. The van der Waals surface area contributed by atoms with Gasteiger partial charge in [-0.1, -0.05) is 18.3 Å². The minimum atomic E-state index is -2.96. The van der Waals surface area contributed by atoms with Crippen molar-refractivity contribution in [3.05, 3.63) is 23.9 Å². The Hall–Kier alpha value is -1.21. The van der Waals surface area contributed by atoms with Crippen LogP contribution in [-0.4, -0.2) is 36.9 Å². The van der Waals surface area contributed by atoms with Gasteiger partial charge < -0.3 is 11.1 Å². The molecule has 0 spiro atoms. The summed E-state index contributed by atoms with van der Waals surface area (Å²) in [7, 11) is -2.96. The quantitative estimate of drug-likeness (QED) is 0.733. The molecule has 0 atom stereocenters. The average molecular weight is 259 g/mol. The summed E-state index contributed by atoms with van der Waals surface area (Å²) in [6.45, 7) is 0.312. The standard InChI is InChI=1S/C9H13N3O2S2/c1-16(13,14)6-5-11-8-4-2-3-7(12-8)9(10)15/h2-4H,5-6H2,1H3,(H2,10,15)(H,11,12). The minimum absolute atomic E-state index is 0.0615. The number of pyridine rings is 1. The van der Waals surface area contributed by atoms with Gasteiger partial charge in [-0.05, 0) is 12.1 Å². The summed E-state index contributed by atoms with van der Waals surface area (Å²) in [6, 6.07) is 5.18. The highest BCUT2D eigenvalue weighted by Crippen LogP contribution is 2.04. The predicted octanol–water partition coefficient (Wildman–Crippen LogP) is 0.172. The smallest absolute Gasteiger partial charge is 0.149 e. The fourth-order valence-corrected chi connectivity index (χ4v) is 1.62. The molecule has 1 rings (SSSR count). The molecule has 1 heterocycles. The van der Waals surface area contributed by atoms with E-state index < -0.39 is 9.84 Å². The summed E-state index contributed by atoms with van der Waals surface area (Å²) in [6.07, 6.45) is 1.19. The van der Waals surface area contributed by atoms with Crippen LogP contribution in [0, 0.1) is 0 Å². The second-order valence-corrected chi connectivity index (χ2v) is 6.03. The summed E-state index contributed by atoms with van der Waals surface area (Å²) in [5.41, 5.74) is 5.94. The van der Waals surface area contributed by atoms with Gasteiger partial charge in [0.25, 0.3) is 0 Å². The van der Waals surface area contributed by atoms with E-state index in [2.05, 4.69) is 10.3 Å². The Kier molecular flexibility index (Phi) is 4.19. The van der Waals surface area contributed by atoms with Crippen LogP contribution < -0.4 is 11.1 Å². The molecule has 0 saturated carbocycles. The van der Waals surface area contributed by atoms with Gasteiger partial charge in [0, 0.05) is 12.8 Å². The number of nitrogens with two attached hydrogens (primary N) is 1. The molecule has 88 valence electrons. The number of rotatable bonds is 5. The Balaban J connectivity index is 2.61. The summed E-state index contributed by atoms with van der Waals surface area (Å²) >= 11 is 4.79. The number of nitrogens with one attached hydrogen (secondary N) is 1. The summed E-state index contributed by atoms with van der Waals surface area (Å²) < 4.78 is 21.8. The van der Waals surface area contributed by atoms with Crippen molar-refractivity contribution in [3.63, 3.8) is 0 Å². The largest absolute Gasteiger partial charge is 0.388 e. The van der Waals surface area contributed by atoms with Crippen LogP contribution in [0.15, 0.2) is 18.2 Å². The number of sulfone groups is 1. The lowest BCUT2D eigenvalue weighted by atomic mass is 10.3. The van der Waals surface area contributed by atoms with E-state index in [-0.39, 0.29) is 10.7 Å². The maximum absolute atomic E-state index is 10.9. The molecule has 3 N–H and O–H groups in total. The Morgan fingerprint density at radius 2 is 2.25 bits per heavy atom. The summed E-state index contributed by atoms with van der Waals surface area (Å²) in [5.74, 6) is 0.625. The Labute approximate surface area is 100.0 Å². The molecule has 1 aromatic rings. The van der Waals surface area contributed by atoms with Gasteiger partial charge in [0.05, 0.1) is 11.4 Å². The van der Waals surface area contributed by atoms with Crippen LogP contribution in [-0.2, 0) is 9.84 Å². The van der Waals surface area contributed by atoms with E-state index in [0.717, 1.165) is 0 Å². The molecule has 16 heavy (non-hydrogen) atoms. The van der Waals surface area contributed by atoms with Gasteiger partial charge in [-0.25, -0.2) is 13.4 Å². The van der Waals surface area contributed by atoms with Gasteiger partial charge in [0.1, 0.15) is 20.6 Å². The summed E-state index contributed by atoms with van der Waals surface area (Å²) in [5, 5.41) is 2.89. The highest BCUT2D eigenvalue weighted by molar-refractivity contribution is 7.90. The number of anilines is 1. The second-order valence-electron chi connectivity index (χ2n) is 3.33. The van der Waals surface area contributed by atoms with Gasteiger partial charge in [0.2, 0.25) is 0 Å². The number of hydrogen-bond donors (Lipinski definition) is 2. The number of aromatic nitrogens is 1. The molecule has 0 amide bonds. The third-order valence-electron chi connectivity index (χ3n) is 1.78. The molecular weight excluding hydrogens is 246 g/mol. The maximum Gasteiger partial charge on any atom is 0.149 e. The molecule has 5 nitrogen and oxygen atoms in total. The van der Waals surface area contributed by atoms with Crippen LogP contribution in [0.25, 0.3) is 0 Å². The molecule has 0 unspecified atom stereocenters. The van der Waals surface area contributed by atoms with Crippen molar-refractivity contribution in [1.29, 1.82) is 0 Å². The number of thiocarbonyl (C=S) groups is 1. The van der Waals surface area contributed by atoms with Gasteiger partial charge in [-0.2, -0.15) is 0 Å². The molecule has 0 aliphatic rings. The van der Waals surface area contributed by atoms with Crippen LogP contribution in [0.3, 0.4) is 0 Å². The van der Waals surface area contributed by atoms with E-state index in [1.165, 1.54) is 6.26 Å². The molecule has 1 aromatic heterocycles. The van der Waals surface area contributed by atoms with E-state index in [4.69, 9.17) is 18.0 Å². The number of nitrogens with zero attached hydrogens (tertiary/aromatic N) is 1. The van der Waals surface area contributed by atoms with Crippen LogP contribution in [0.2, 0.25) is 0 Å². The van der Waals surface area contributed by atoms with E-state index in [1.807, 2.05) is 0 Å². The van der Waals surface area contributed by atoms with Crippen molar-refractivity contribution >= 4 is 32.9 Å². The Morgan fingerprint density at radius 3 is 2.81 bits per heavy atom. The fourth-order valence-electron chi connectivity index (χ4n) is 1.03. The monoisotopic (exact) mass is 259 g/mol. The van der Waals surface area contributed by atoms with Crippen LogP contribution in [0.4, 0.5) is 5.82 Å². The third-order valence-corrected chi connectivity index (χ3v) is 2.94. The first-order valence-electron chi connectivity index (χ1n) is 4.57. The molecule has 0 aliphatic heterocycles. The van der Waals surface area contributed by atoms with E-state index in [1.54, 1.807) is 18.2 Å². The molecule has 0 radical (unpaired) electrons. The number of hydrogen-bond acceptors (Lipinski definition) is 5. The van der Waals surface area contributed by atoms with Gasteiger partial charge in [0.15, 0.2) is 0 Å². The Bertz CT molecular complexity index is 485. The van der Waals surface area contributed by atoms with Crippen molar-refractivity contribution in [2.75, 3.05) is 23.9 Å². The van der Waals surface area contributed by atoms with Gasteiger partial charge in [-0.3, -0.25) is 0 Å². The van der Waals surface area contributed by atoms with Crippen LogP contribution in [0.5, 0.6) is 0 Å². The van der Waals surface area contributed by atoms with Crippen molar-refractivity contribution in [2.45, 2.75) is 0 Å². The zero-order valence-corrected chi connectivity index (χ0v) is 10.4. The SMILES string of the molecule is CS(=O)(=O)CCNc1cccc(C(N)=S)n1. The van der Waals surface area contributed by atoms with Gasteiger partial charge >= 0.3 is 0 Å². The average Bonchev–Trinajstić information content (AvgIpc) is 2.16. The topological polar surface area (TPSA) is 85.1 Å². The van der Waals surface area contributed by atoms with Crippen LogP contribution >= 0.6 is 12.2 Å². The molecule has 0 aliphatic carbocycles. The zero-order valence-electron chi connectivity index (χ0n) is 8.80. The van der Waals surface area contributed by atoms with E-state index in [0.29, 0.717) is 18.1 Å². The first-order valence-corrected chi connectivity index (χ1v) is 7.04. The van der Waals surface area contributed by atoms with Crippen LogP contribution in [0.1, 0.15) is 5.69 Å². The molecule has 0 aromatic carbocycles. The maximum atomic E-state index is 10.9. The first-order chi connectivity index (χ1) is 7.38. The van der Waals surface area contributed by atoms with Crippen molar-refractivity contribution in [2.24, 2.45) is 5.73 Å². The highest BCUT2D eigenvalue weighted by atomic mass is 32.2. The molecule has 0 saturated heterocycles. The highest BCUT2D eigenvalue weighted by Gasteiger charge is 2.03. The third kappa shape index (κ3) is 4.54. The molecule has 0 fully saturated rings. The lowest BCUT2D eigenvalue weighted by Gasteiger charge is -2.05. The van der Waals surface area contributed by atoms with Crippen molar-refractivity contribution in [1.82, 2.24) is 4.98 Å². The summed E-state index contributed by atoms with van der Waals surface area (Å²) in [4.78, 5) is 4.33. The predicted molar refractivity (Wildman–Crippen MR) is 68.3 cm³/mol. The zero-order chi connectivity index (χ0) is 12.2.